The van der Waals surface area contributed by atoms with Crippen molar-refractivity contribution >= 4 is 17.5 Å². The molecule has 2 fully saturated rings. The third kappa shape index (κ3) is 4.54. The van der Waals surface area contributed by atoms with Crippen LogP contribution in [0.15, 0.2) is 18.2 Å². The number of carbonyl (C=O) groups is 1. The highest BCUT2D eigenvalue weighted by Gasteiger charge is 2.26. The second kappa shape index (κ2) is 9.05. The lowest BCUT2D eigenvalue weighted by Crippen LogP contribution is -2.36. The number of aryl methyl sites for hydroxylation is 1. The number of benzene rings is 1. The molecule has 0 spiro atoms. The summed E-state index contributed by atoms with van der Waals surface area (Å²) >= 11 is 6.48. The van der Waals surface area contributed by atoms with Crippen molar-refractivity contribution in [3.8, 4) is 17.0 Å². The first-order valence-electron chi connectivity index (χ1n) is 11.3. The summed E-state index contributed by atoms with van der Waals surface area (Å²) in [5, 5.41) is 4.00. The summed E-state index contributed by atoms with van der Waals surface area (Å²) in [5.41, 5.74) is 4.74. The quantitative estimate of drug-likeness (QED) is 0.562. The third-order valence-corrected chi connectivity index (χ3v) is 7.17. The first-order valence-corrected chi connectivity index (χ1v) is 11.7. The van der Waals surface area contributed by atoms with E-state index in [0.29, 0.717) is 11.1 Å². The van der Waals surface area contributed by atoms with E-state index in [1.54, 1.807) is 7.11 Å². The molecule has 1 amide bonds. The molecule has 0 atom stereocenters. The van der Waals surface area contributed by atoms with Crippen molar-refractivity contribution in [2.24, 2.45) is 5.92 Å². The van der Waals surface area contributed by atoms with Gasteiger partial charge in [-0.25, -0.2) is 0 Å². The van der Waals surface area contributed by atoms with E-state index in [1.165, 1.54) is 32.1 Å². The molecule has 1 heterocycles. The van der Waals surface area contributed by atoms with Crippen molar-refractivity contribution in [3.63, 3.8) is 0 Å². The molecule has 1 N–H and O–H groups in total. The van der Waals surface area contributed by atoms with Crippen LogP contribution in [0.25, 0.3) is 11.3 Å². The van der Waals surface area contributed by atoms with Gasteiger partial charge in [-0.05, 0) is 62.8 Å². The minimum Gasteiger partial charge on any atom is -0.496 e. The minimum atomic E-state index is 0.0444. The van der Waals surface area contributed by atoms with Crippen LogP contribution < -0.4 is 10.1 Å². The van der Waals surface area contributed by atoms with E-state index in [1.807, 2.05) is 25.1 Å². The van der Waals surface area contributed by atoms with E-state index in [9.17, 15) is 4.79 Å². The SMILES string of the molecule is COc1cc(C)c(Cl)cc1-c1cc(C(=O)NC2CCCCC2)c(C)n1CCC1CC1. The van der Waals surface area contributed by atoms with Crippen LogP contribution in [0.2, 0.25) is 5.02 Å². The van der Waals surface area contributed by atoms with Gasteiger partial charge in [-0.1, -0.05) is 43.7 Å². The number of ether oxygens (including phenoxy) is 1. The number of hydrogen-bond acceptors (Lipinski definition) is 2. The normalized spacial score (nSPS) is 17.2. The molecule has 4 nitrogen and oxygen atoms in total. The lowest BCUT2D eigenvalue weighted by molar-refractivity contribution is 0.0927. The lowest BCUT2D eigenvalue weighted by atomic mass is 9.95. The average Bonchev–Trinajstić information content (AvgIpc) is 3.51. The Bertz CT molecular complexity index is 924. The molecule has 1 aromatic carbocycles. The molecule has 2 saturated carbocycles. The van der Waals surface area contributed by atoms with Crippen molar-refractivity contribution in [2.75, 3.05) is 7.11 Å². The molecular weight excluding hydrogens is 396 g/mol. The first-order chi connectivity index (χ1) is 14.5. The summed E-state index contributed by atoms with van der Waals surface area (Å²) < 4.78 is 7.98. The van der Waals surface area contributed by atoms with Crippen molar-refractivity contribution in [1.29, 1.82) is 0 Å². The number of amides is 1. The summed E-state index contributed by atoms with van der Waals surface area (Å²) in [4.78, 5) is 13.2. The van der Waals surface area contributed by atoms with Gasteiger partial charge in [-0.3, -0.25) is 4.79 Å². The fourth-order valence-corrected chi connectivity index (χ4v) is 4.80. The number of hydrogen-bond donors (Lipinski definition) is 1. The van der Waals surface area contributed by atoms with Gasteiger partial charge in [-0.2, -0.15) is 0 Å². The molecule has 0 aliphatic heterocycles. The predicted octanol–water partition coefficient (Wildman–Crippen LogP) is 6.30. The number of halogens is 1. The number of aromatic nitrogens is 1. The topological polar surface area (TPSA) is 43.3 Å². The highest BCUT2D eigenvalue weighted by atomic mass is 35.5. The van der Waals surface area contributed by atoms with Crippen LogP contribution >= 0.6 is 11.6 Å². The molecule has 1 aromatic heterocycles. The highest BCUT2D eigenvalue weighted by Crippen LogP contribution is 2.39. The molecule has 0 saturated heterocycles. The van der Waals surface area contributed by atoms with E-state index < -0.39 is 0 Å². The van der Waals surface area contributed by atoms with Gasteiger partial charge < -0.3 is 14.6 Å². The molecule has 0 unspecified atom stereocenters. The van der Waals surface area contributed by atoms with Gasteiger partial charge in [0, 0.05) is 28.9 Å². The Morgan fingerprint density at radius 2 is 1.87 bits per heavy atom. The fourth-order valence-electron chi connectivity index (χ4n) is 4.64. The standard InChI is InChI=1S/C25H33ClN2O2/c1-16-13-24(30-3)21(14-22(16)26)23-15-20(17(2)28(23)12-11-18-9-10-18)25(29)27-19-7-5-4-6-8-19/h13-15,18-19H,4-12H2,1-3H3,(H,27,29). The maximum absolute atomic E-state index is 13.2. The van der Waals surface area contributed by atoms with E-state index in [2.05, 4.69) is 16.8 Å². The lowest BCUT2D eigenvalue weighted by Gasteiger charge is -2.22. The monoisotopic (exact) mass is 428 g/mol. The van der Waals surface area contributed by atoms with Crippen LogP contribution in [-0.4, -0.2) is 23.6 Å². The summed E-state index contributed by atoms with van der Waals surface area (Å²) in [6, 6.07) is 6.28. The molecule has 5 heteroatoms. The highest BCUT2D eigenvalue weighted by molar-refractivity contribution is 6.31. The Morgan fingerprint density at radius 3 is 2.53 bits per heavy atom. The van der Waals surface area contributed by atoms with Crippen LogP contribution in [0.3, 0.4) is 0 Å². The maximum Gasteiger partial charge on any atom is 0.253 e. The van der Waals surface area contributed by atoms with E-state index in [0.717, 1.165) is 65.6 Å². The zero-order valence-corrected chi connectivity index (χ0v) is 19.1. The van der Waals surface area contributed by atoms with Gasteiger partial charge in [0.05, 0.1) is 18.4 Å². The number of rotatable bonds is 7. The largest absolute Gasteiger partial charge is 0.496 e. The summed E-state index contributed by atoms with van der Waals surface area (Å²) in [6.07, 6.45) is 9.65. The molecule has 2 aliphatic carbocycles. The van der Waals surface area contributed by atoms with Gasteiger partial charge >= 0.3 is 0 Å². The second-order valence-corrected chi connectivity index (χ2v) is 9.43. The summed E-state index contributed by atoms with van der Waals surface area (Å²) in [6.45, 7) is 4.96. The number of nitrogens with one attached hydrogen (secondary N) is 1. The van der Waals surface area contributed by atoms with Crippen molar-refractivity contribution < 1.29 is 9.53 Å². The summed E-state index contributed by atoms with van der Waals surface area (Å²) in [5.74, 6) is 1.66. The zero-order chi connectivity index (χ0) is 21.3. The molecule has 0 radical (unpaired) electrons. The van der Waals surface area contributed by atoms with E-state index in [4.69, 9.17) is 16.3 Å². The molecule has 2 aliphatic rings. The molecule has 4 rings (SSSR count). The fraction of sp³-hybridized carbons (Fsp3) is 0.560. The second-order valence-electron chi connectivity index (χ2n) is 9.02. The number of methoxy groups -OCH3 is 1. The number of carbonyl (C=O) groups excluding carboxylic acids is 1. The zero-order valence-electron chi connectivity index (χ0n) is 18.4. The van der Waals surface area contributed by atoms with Crippen LogP contribution in [0.5, 0.6) is 5.75 Å². The van der Waals surface area contributed by atoms with E-state index >= 15 is 0 Å². The maximum atomic E-state index is 13.2. The van der Waals surface area contributed by atoms with Gasteiger partial charge in [0.2, 0.25) is 0 Å². The molecular formula is C25H33ClN2O2. The molecule has 30 heavy (non-hydrogen) atoms. The smallest absolute Gasteiger partial charge is 0.253 e. The van der Waals surface area contributed by atoms with Gasteiger partial charge in [-0.15, -0.1) is 0 Å². The molecule has 2 aromatic rings. The first kappa shape index (κ1) is 21.3. The Labute approximate surface area is 184 Å². The Hall–Kier alpha value is -1.94. The van der Waals surface area contributed by atoms with Crippen LogP contribution in [0.1, 0.15) is 73.0 Å². The van der Waals surface area contributed by atoms with Crippen molar-refractivity contribution in [3.05, 3.63) is 40.0 Å². The van der Waals surface area contributed by atoms with Crippen LogP contribution in [0.4, 0.5) is 0 Å². The Kier molecular flexibility index (Phi) is 6.43. The predicted molar refractivity (Wildman–Crippen MR) is 123 cm³/mol. The minimum absolute atomic E-state index is 0.0444. The van der Waals surface area contributed by atoms with Gasteiger partial charge in [0.15, 0.2) is 0 Å². The van der Waals surface area contributed by atoms with Crippen molar-refractivity contribution in [1.82, 2.24) is 9.88 Å². The van der Waals surface area contributed by atoms with Gasteiger partial charge in [0.25, 0.3) is 5.91 Å². The number of nitrogens with zero attached hydrogens (tertiary/aromatic N) is 1. The van der Waals surface area contributed by atoms with Crippen LogP contribution in [0, 0.1) is 19.8 Å². The average molecular weight is 429 g/mol. The van der Waals surface area contributed by atoms with Gasteiger partial charge in [0.1, 0.15) is 5.75 Å². The third-order valence-electron chi connectivity index (χ3n) is 6.77. The van der Waals surface area contributed by atoms with Crippen LogP contribution in [-0.2, 0) is 6.54 Å². The summed E-state index contributed by atoms with van der Waals surface area (Å²) in [7, 11) is 1.69. The van der Waals surface area contributed by atoms with Crippen molar-refractivity contribution in [2.45, 2.75) is 77.8 Å². The van der Waals surface area contributed by atoms with E-state index in [-0.39, 0.29) is 5.91 Å². The molecule has 162 valence electrons. The Balaban J connectivity index is 1.70. The Morgan fingerprint density at radius 1 is 1.13 bits per heavy atom. The molecule has 0 bridgehead atoms.